The van der Waals surface area contributed by atoms with E-state index in [1.54, 1.807) is 13.2 Å². The summed E-state index contributed by atoms with van der Waals surface area (Å²) in [4.78, 5) is 14.9. The Balaban J connectivity index is 1.32. The van der Waals surface area contributed by atoms with Crippen molar-refractivity contribution in [3.63, 3.8) is 0 Å². The van der Waals surface area contributed by atoms with E-state index in [4.69, 9.17) is 4.74 Å². The van der Waals surface area contributed by atoms with Gasteiger partial charge in [0, 0.05) is 36.4 Å². The number of urea groups is 1. The minimum absolute atomic E-state index is 0.174. The van der Waals surface area contributed by atoms with Crippen molar-refractivity contribution in [2.24, 2.45) is 0 Å². The number of rotatable bonds is 5. The van der Waals surface area contributed by atoms with Gasteiger partial charge in [-0.3, -0.25) is 4.90 Å². The van der Waals surface area contributed by atoms with Crippen molar-refractivity contribution >= 4 is 11.7 Å². The van der Waals surface area contributed by atoms with E-state index in [9.17, 15) is 9.18 Å². The molecule has 28 heavy (non-hydrogen) atoms. The van der Waals surface area contributed by atoms with Gasteiger partial charge < -0.3 is 15.4 Å². The summed E-state index contributed by atoms with van der Waals surface area (Å²) in [6.45, 7) is 0.846. The second-order valence-electron chi connectivity index (χ2n) is 7.68. The number of ether oxygens (including phenoxy) is 1. The molecule has 0 saturated carbocycles. The van der Waals surface area contributed by atoms with Gasteiger partial charge in [-0.25, -0.2) is 9.18 Å². The molecule has 2 aliphatic rings. The molecule has 4 rings (SSSR count). The molecule has 2 unspecified atom stereocenters. The Morgan fingerprint density at radius 3 is 2.54 bits per heavy atom. The van der Waals surface area contributed by atoms with Gasteiger partial charge in [0.25, 0.3) is 0 Å². The normalized spacial score (nSPS) is 24.0. The van der Waals surface area contributed by atoms with Crippen LogP contribution >= 0.6 is 0 Å². The molecule has 2 atom stereocenters. The largest absolute Gasteiger partial charge is 0.497 e. The van der Waals surface area contributed by atoms with Crippen molar-refractivity contribution in [1.82, 2.24) is 10.2 Å². The van der Waals surface area contributed by atoms with E-state index in [-0.39, 0.29) is 17.9 Å². The van der Waals surface area contributed by atoms with E-state index in [1.807, 2.05) is 30.3 Å². The first kappa shape index (κ1) is 18.7. The van der Waals surface area contributed by atoms with Gasteiger partial charge in [-0.1, -0.05) is 18.2 Å². The highest BCUT2D eigenvalue weighted by Gasteiger charge is 2.40. The molecule has 148 valence electrons. The van der Waals surface area contributed by atoms with Crippen molar-refractivity contribution < 1.29 is 13.9 Å². The van der Waals surface area contributed by atoms with Gasteiger partial charge in [0.05, 0.1) is 7.11 Å². The molecular weight excluding hydrogens is 357 g/mol. The first-order valence-corrected chi connectivity index (χ1v) is 9.82. The Morgan fingerprint density at radius 2 is 1.86 bits per heavy atom. The fourth-order valence-electron chi connectivity index (χ4n) is 4.50. The summed E-state index contributed by atoms with van der Waals surface area (Å²) in [7, 11) is 1.61. The van der Waals surface area contributed by atoms with Crippen molar-refractivity contribution in [3.8, 4) is 5.75 Å². The van der Waals surface area contributed by atoms with E-state index < -0.39 is 0 Å². The quantitative estimate of drug-likeness (QED) is 0.816. The minimum Gasteiger partial charge on any atom is -0.497 e. The lowest BCUT2D eigenvalue weighted by molar-refractivity contribution is 0.112. The number of methoxy groups -OCH3 is 1. The number of nitrogens with one attached hydrogen (secondary N) is 2. The highest BCUT2D eigenvalue weighted by molar-refractivity contribution is 5.89. The number of fused-ring (bicyclic) bond motifs is 2. The second-order valence-corrected chi connectivity index (χ2v) is 7.68. The van der Waals surface area contributed by atoms with Gasteiger partial charge in [0.2, 0.25) is 0 Å². The molecule has 2 N–H and O–H groups in total. The van der Waals surface area contributed by atoms with Gasteiger partial charge in [-0.05, 0) is 55.5 Å². The molecule has 0 aromatic heterocycles. The third-order valence-corrected chi connectivity index (χ3v) is 5.83. The van der Waals surface area contributed by atoms with Crippen LogP contribution in [0.4, 0.5) is 14.9 Å². The third kappa shape index (κ3) is 4.28. The summed E-state index contributed by atoms with van der Waals surface area (Å²) in [6.07, 6.45) is 4.20. The molecule has 5 nitrogen and oxygen atoms in total. The highest BCUT2D eigenvalue weighted by atomic mass is 19.1. The van der Waals surface area contributed by atoms with Crippen LogP contribution in [0.3, 0.4) is 0 Å². The van der Waals surface area contributed by atoms with Gasteiger partial charge in [0.15, 0.2) is 0 Å². The van der Waals surface area contributed by atoms with Crippen molar-refractivity contribution in [3.05, 3.63) is 59.9 Å². The van der Waals surface area contributed by atoms with Crippen LogP contribution in [0.2, 0.25) is 0 Å². The smallest absolute Gasteiger partial charge is 0.319 e. The first-order chi connectivity index (χ1) is 13.6. The van der Waals surface area contributed by atoms with Crippen molar-refractivity contribution in [2.75, 3.05) is 12.4 Å². The molecule has 2 fully saturated rings. The topological polar surface area (TPSA) is 53.6 Å². The van der Waals surface area contributed by atoms with Crippen molar-refractivity contribution in [2.45, 2.75) is 50.4 Å². The van der Waals surface area contributed by atoms with E-state index in [0.29, 0.717) is 23.5 Å². The van der Waals surface area contributed by atoms with E-state index in [1.165, 1.54) is 12.1 Å². The molecule has 2 aliphatic heterocycles. The molecule has 2 amide bonds. The zero-order chi connectivity index (χ0) is 19.5. The Kier molecular flexibility index (Phi) is 5.48. The number of amides is 2. The zero-order valence-corrected chi connectivity index (χ0v) is 16.0. The molecule has 0 radical (unpaired) electrons. The summed E-state index contributed by atoms with van der Waals surface area (Å²) in [5.41, 5.74) is 1.86. The highest BCUT2D eigenvalue weighted by Crippen LogP contribution is 2.37. The molecule has 0 spiro atoms. The van der Waals surface area contributed by atoms with Crippen LogP contribution in [-0.2, 0) is 6.54 Å². The summed E-state index contributed by atoms with van der Waals surface area (Å²) < 4.78 is 18.3. The van der Waals surface area contributed by atoms with Crippen LogP contribution in [0.1, 0.15) is 31.2 Å². The van der Waals surface area contributed by atoms with Crippen LogP contribution in [-0.4, -0.2) is 36.2 Å². The van der Waals surface area contributed by atoms with Crippen molar-refractivity contribution in [1.29, 1.82) is 0 Å². The maximum atomic E-state index is 13.1. The van der Waals surface area contributed by atoms with Crippen LogP contribution in [0.15, 0.2) is 48.5 Å². The fourth-order valence-corrected chi connectivity index (χ4v) is 4.50. The number of anilines is 1. The van der Waals surface area contributed by atoms with Crippen LogP contribution in [0, 0.1) is 5.82 Å². The Labute approximate surface area is 164 Å². The Hall–Kier alpha value is -2.60. The number of hydrogen-bond donors (Lipinski definition) is 2. The summed E-state index contributed by atoms with van der Waals surface area (Å²) in [5.74, 6) is 0.515. The van der Waals surface area contributed by atoms with Crippen LogP contribution in [0.5, 0.6) is 5.75 Å². The van der Waals surface area contributed by atoms with Gasteiger partial charge in [-0.15, -0.1) is 0 Å². The average molecular weight is 383 g/mol. The third-order valence-electron chi connectivity index (χ3n) is 5.83. The number of halogens is 1. The lowest BCUT2D eigenvalue weighted by atomic mass is 9.96. The summed E-state index contributed by atoms with van der Waals surface area (Å²) in [5, 5.41) is 6.02. The number of piperidine rings is 1. The average Bonchev–Trinajstić information content (AvgIpc) is 2.92. The van der Waals surface area contributed by atoms with E-state index in [0.717, 1.165) is 37.8 Å². The van der Waals surface area contributed by atoms with Gasteiger partial charge >= 0.3 is 6.03 Å². The number of nitrogens with zero attached hydrogens (tertiary/aromatic N) is 1. The minimum atomic E-state index is -0.198. The lowest BCUT2D eigenvalue weighted by Gasteiger charge is -2.39. The summed E-state index contributed by atoms with van der Waals surface area (Å²) >= 11 is 0. The molecule has 2 saturated heterocycles. The first-order valence-electron chi connectivity index (χ1n) is 9.82. The summed E-state index contributed by atoms with van der Waals surface area (Å²) in [6, 6.07) is 15.0. The SMILES string of the molecule is COc1cccc(NC(=O)NC2CC3CCC(C2)N3Cc2ccc(F)cc2)c1. The number of hydrogen-bond acceptors (Lipinski definition) is 3. The van der Waals surface area contributed by atoms with E-state index in [2.05, 4.69) is 15.5 Å². The number of carbonyl (C=O) groups is 1. The number of benzene rings is 2. The lowest BCUT2D eigenvalue weighted by Crippen LogP contribution is -2.50. The number of carbonyl (C=O) groups excluding carboxylic acids is 1. The standard InChI is InChI=1S/C22H26FN3O2/c1-28-21-4-2-3-17(13-21)24-22(27)25-18-11-19-9-10-20(12-18)26(19)14-15-5-7-16(23)8-6-15/h2-8,13,18-20H,9-12,14H2,1H3,(H2,24,25,27). The molecule has 2 heterocycles. The van der Waals surface area contributed by atoms with Gasteiger partial charge in [0.1, 0.15) is 11.6 Å². The molecule has 6 heteroatoms. The van der Waals surface area contributed by atoms with Crippen LogP contribution < -0.4 is 15.4 Å². The predicted octanol–water partition coefficient (Wildman–Crippen LogP) is 4.15. The zero-order valence-electron chi connectivity index (χ0n) is 16.0. The maximum Gasteiger partial charge on any atom is 0.319 e. The Bertz CT molecular complexity index is 813. The Morgan fingerprint density at radius 1 is 1.14 bits per heavy atom. The molecule has 2 bridgehead atoms. The van der Waals surface area contributed by atoms with Crippen LogP contribution in [0.25, 0.3) is 0 Å². The van der Waals surface area contributed by atoms with E-state index >= 15 is 0 Å². The second kappa shape index (κ2) is 8.19. The monoisotopic (exact) mass is 383 g/mol. The molecule has 2 aromatic carbocycles. The fraction of sp³-hybridized carbons (Fsp3) is 0.409. The molecule has 2 aromatic rings. The maximum absolute atomic E-state index is 13.1. The predicted molar refractivity (Wildman–Crippen MR) is 107 cm³/mol. The molecule has 0 aliphatic carbocycles. The molecular formula is C22H26FN3O2. The van der Waals surface area contributed by atoms with Gasteiger partial charge in [-0.2, -0.15) is 0 Å².